The summed E-state index contributed by atoms with van der Waals surface area (Å²) >= 11 is 0. The van der Waals surface area contributed by atoms with E-state index in [0.29, 0.717) is 0 Å². The summed E-state index contributed by atoms with van der Waals surface area (Å²) in [7, 11) is -2.78. The van der Waals surface area contributed by atoms with Crippen molar-refractivity contribution in [3.63, 3.8) is 0 Å². The van der Waals surface area contributed by atoms with Gasteiger partial charge in [-0.3, -0.25) is 4.79 Å². The Bertz CT molecular complexity index is 620. The van der Waals surface area contributed by atoms with E-state index in [1.54, 1.807) is 6.92 Å². The summed E-state index contributed by atoms with van der Waals surface area (Å²) in [6.07, 6.45) is 1.22. The molecule has 1 aliphatic rings. The van der Waals surface area contributed by atoms with Crippen LogP contribution < -0.4 is 0 Å². The van der Waals surface area contributed by atoms with Crippen LogP contribution in [-0.2, 0) is 19.6 Å². The molecule has 2 atom stereocenters. The van der Waals surface area contributed by atoms with Gasteiger partial charge in [-0.1, -0.05) is 6.92 Å². The SMILES string of the molecule is COC(=O)C1CN(S(=O)(=O)c2ncccc2F)CC1C. The van der Waals surface area contributed by atoms with Gasteiger partial charge < -0.3 is 4.74 Å². The van der Waals surface area contributed by atoms with E-state index in [4.69, 9.17) is 0 Å². The first-order valence-corrected chi connectivity index (χ1v) is 7.50. The van der Waals surface area contributed by atoms with Crippen molar-refractivity contribution >= 4 is 16.0 Å². The average Bonchev–Trinajstić information content (AvgIpc) is 2.81. The number of carbonyl (C=O) groups excluding carboxylic acids is 1. The molecule has 2 unspecified atom stereocenters. The van der Waals surface area contributed by atoms with Crippen molar-refractivity contribution in [2.75, 3.05) is 20.2 Å². The number of rotatable bonds is 3. The van der Waals surface area contributed by atoms with Gasteiger partial charge in [0.2, 0.25) is 5.03 Å². The van der Waals surface area contributed by atoms with Crippen molar-refractivity contribution in [3.05, 3.63) is 24.1 Å². The zero-order valence-electron chi connectivity index (χ0n) is 11.1. The average molecular weight is 302 g/mol. The molecular formula is C12H15FN2O4S. The van der Waals surface area contributed by atoms with Crippen LogP contribution in [0.3, 0.4) is 0 Å². The first-order chi connectivity index (χ1) is 9.37. The number of sulfonamides is 1. The zero-order chi connectivity index (χ0) is 14.9. The van der Waals surface area contributed by atoms with Gasteiger partial charge >= 0.3 is 5.97 Å². The largest absolute Gasteiger partial charge is 0.469 e. The van der Waals surface area contributed by atoms with Crippen LogP contribution in [0.25, 0.3) is 0 Å². The molecule has 1 aromatic rings. The molecule has 1 saturated heterocycles. The van der Waals surface area contributed by atoms with Gasteiger partial charge in [0.15, 0.2) is 5.82 Å². The molecule has 2 heterocycles. The van der Waals surface area contributed by atoms with Gasteiger partial charge in [-0.15, -0.1) is 0 Å². The number of esters is 1. The van der Waals surface area contributed by atoms with E-state index in [1.807, 2.05) is 0 Å². The highest BCUT2D eigenvalue weighted by Gasteiger charge is 2.42. The van der Waals surface area contributed by atoms with Gasteiger partial charge in [0, 0.05) is 19.3 Å². The van der Waals surface area contributed by atoms with E-state index in [9.17, 15) is 17.6 Å². The topological polar surface area (TPSA) is 76.6 Å². The Morgan fingerprint density at radius 1 is 1.50 bits per heavy atom. The van der Waals surface area contributed by atoms with Gasteiger partial charge in [-0.05, 0) is 18.1 Å². The minimum atomic E-state index is -4.04. The molecule has 0 aromatic carbocycles. The molecule has 0 N–H and O–H groups in total. The first-order valence-electron chi connectivity index (χ1n) is 6.06. The lowest BCUT2D eigenvalue weighted by molar-refractivity contribution is -0.145. The smallest absolute Gasteiger partial charge is 0.310 e. The molecule has 6 nitrogen and oxygen atoms in total. The summed E-state index contributed by atoms with van der Waals surface area (Å²) in [4.78, 5) is 15.2. The quantitative estimate of drug-likeness (QED) is 0.766. The Labute approximate surface area is 116 Å². The van der Waals surface area contributed by atoms with Gasteiger partial charge in [0.05, 0.1) is 13.0 Å². The molecule has 1 aromatic heterocycles. The van der Waals surface area contributed by atoms with E-state index in [-0.39, 0.29) is 19.0 Å². The normalized spacial score (nSPS) is 23.8. The highest BCUT2D eigenvalue weighted by molar-refractivity contribution is 7.89. The van der Waals surface area contributed by atoms with Gasteiger partial charge in [0.1, 0.15) is 0 Å². The number of carbonyl (C=O) groups is 1. The highest BCUT2D eigenvalue weighted by atomic mass is 32.2. The van der Waals surface area contributed by atoms with Crippen LogP contribution in [0.4, 0.5) is 4.39 Å². The molecule has 2 rings (SSSR count). The monoisotopic (exact) mass is 302 g/mol. The Hall–Kier alpha value is -1.54. The molecule has 20 heavy (non-hydrogen) atoms. The third-order valence-electron chi connectivity index (χ3n) is 3.39. The van der Waals surface area contributed by atoms with Crippen LogP contribution in [0.15, 0.2) is 23.4 Å². The Morgan fingerprint density at radius 2 is 2.20 bits per heavy atom. The fourth-order valence-electron chi connectivity index (χ4n) is 2.26. The minimum absolute atomic E-state index is 0.0216. The molecule has 0 spiro atoms. The van der Waals surface area contributed by atoms with Crippen LogP contribution in [0.5, 0.6) is 0 Å². The number of methoxy groups -OCH3 is 1. The lowest BCUT2D eigenvalue weighted by Crippen LogP contribution is -2.31. The van der Waals surface area contributed by atoms with Crippen molar-refractivity contribution < 1.29 is 22.3 Å². The molecule has 0 bridgehead atoms. The standard InChI is InChI=1S/C12H15FN2O4S/c1-8-6-15(7-9(8)12(16)19-2)20(17,18)11-10(13)4-3-5-14-11/h3-5,8-9H,6-7H2,1-2H3. The van der Waals surface area contributed by atoms with Crippen molar-refractivity contribution in [3.8, 4) is 0 Å². The molecule has 0 radical (unpaired) electrons. The number of pyridine rings is 1. The fourth-order valence-corrected chi connectivity index (χ4v) is 3.80. The van der Waals surface area contributed by atoms with Crippen molar-refractivity contribution in [1.29, 1.82) is 0 Å². The van der Waals surface area contributed by atoms with Crippen molar-refractivity contribution in [2.45, 2.75) is 11.9 Å². The van der Waals surface area contributed by atoms with Crippen LogP contribution in [0, 0.1) is 17.7 Å². The molecular weight excluding hydrogens is 287 g/mol. The van der Waals surface area contributed by atoms with Crippen molar-refractivity contribution in [2.24, 2.45) is 11.8 Å². The van der Waals surface area contributed by atoms with Crippen molar-refractivity contribution in [1.82, 2.24) is 9.29 Å². The molecule has 110 valence electrons. The number of hydrogen-bond acceptors (Lipinski definition) is 5. The maximum atomic E-state index is 13.6. The van der Waals surface area contributed by atoms with E-state index in [1.165, 1.54) is 19.4 Å². The van der Waals surface area contributed by atoms with E-state index >= 15 is 0 Å². The molecule has 1 fully saturated rings. The molecule has 1 aliphatic heterocycles. The Balaban J connectivity index is 2.29. The van der Waals surface area contributed by atoms with E-state index < -0.39 is 32.8 Å². The van der Waals surface area contributed by atoms with Crippen LogP contribution in [0.2, 0.25) is 0 Å². The lowest BCUT2D eigenvalue weighted by Gasteiger charge is -2.15. The fraction of sp³-hybridized carbons (Fsp3) is 0.500. The highest BCUT2D eigenvalue weighted by Crippen LogP contribution is 2.29. The molecule has 0 amide bonds. The summed E-state index contributed by atoms with van der Waals surface area (Å²) < 4.78 is 44.0. The predicted octanol–water partition coefficient (Wildman–Crippen LogP) is 0.650. The Kier molecular flexibility index (Phi) is 4.05. The molecule has 8 heteroatoms. The molecule has 0 saturated carbocycles. The molecule has 0 aliphatic carbocycles. The van der Waals surface area contributed by atoms with Gasteiger partial charge in [0.25, 0.3) is 10.0 Å². The van der Waals surface area contributed by atoms with E-state index in [2.05, 4.69) is 9.72 Å². The van der Waals surface area contributed by atoms with Gasteiger partial charge in [-0.2, -0.15) is 4.31 Å². The zero-order valence-corrected chi connectivity index (χ0v) is 11.9. The Morgan fingerprint density at radius 3 is 2.80 bits per heavy atom. The first kappa shape index (κ1) is 14.9. The van der Waals surface area contributed by atoms with Crippen LogP contribution in [-0.4, -0.2) is 43.9 Å². The number of hydrogen-bond donors (Lipinski definition) is 0. The summed E-state index contributed by atoms with van der Waals surface area (Å²) in [6.45, 7) is 1.87. The van der Waals surface area contributed by atoms with E-state index in [0.717, 1.165) is 10.4 Å². The maximum Gasteiger partial charge on any atom is 0.310 e. The predicted molar refractivity (Wildman–Crippen MR) is 67.6 cm³/mol. The second-order valence-corrected chi connectivity index (χ2v) is 6.57. The number of nitrogens with zero attached hydrogens (tertiary/aromatic N) is 2. The third-order valence-corrected chi connectivity index (χ3v) is 5.16. The lowest BCUT2D eigenvalue weighted by atomic mass is 9.99. The second-order valence-electron chi connectivity index (χ2n) is 4.72. The number of ether oxygens (including phenoxy) is 1. The third kappa shape index (κ3) is 2.53. The summed E-state index contributed by atoms with van der Waals surface area (Å²) in [6, 6.07) is 2.36. The van der Waals surface area contributed by atoms with Crippen LogP contribution >= 0.6 is 0 Å². The number of aromatic nitrogens is 1. The summed E-state index contributed by atoms with van der Waals surface area (Å²) in [5.74, 6) is -2.09. The number of halogens is 1. The maximum absolute atomic E-state index is 13.6. The second kappa shape index (κ2) is 5.45. The summed E-state index contributed by atoms with van der Waals surface area (Å²) in [5.41, 5.74) is 0. The minimum Gasteiger partial charge on any atom is -0.469 e. The van der Waals surface area contributed by atoms with Gasteiger partial charge in [-0.25, -0.2) is 17.8 Å². The summed E-state index contributed by atoms with van der Waals surface area (Å²) in [5, 5.41) is -0.613. The van der Waals surface area contributed by atoms with Crippen LogP contribution in [0.1, 0.15) is 6.92 Å².